The molecule has 1 rings (SSSR count). The van der Waals surface area contributed by atoms with Crippen molar-refractivity contribution < 1.29 is 18.5 Å². The van der Waals surface area contributed by atoms with Gasteiger partial charge < -0.3 is 4.79 Å². The van der Waals surface area contributed by atoms with E-state index in [1.807, 2.05) is 0 Å². The van der Waals surface area contributed by atoms with E-state index in [1.54, 1.807) is 0 Å². The molecule has 0 spiro atoms. The number of carbonyl (C=O) groups is 1. The number of aldehydes is 1. The van der Waals surface area contributed by atoms with Crippen molar-refractivity contribution >= 4 is 12.0 Å². The summed E-state index contributed by atoms with van der Waals surface area (Å²) in [7, 11) is 0. The zero-order chi connectivity index (χ0) is 10.7. The topological polar surface area (TPSA) is 60.2 Å². The lowest BCUT2D eigenvalue weighted by Crippen LogP contribution is -1.99. The number of nitro benzene ring substituents is 1. The van der Waals surface area contributed by atoms with Gasteiger partial charge in [0.2, 0.25) is 11.6 Å². The molecule has 0 aliphatic rings. The summed E-state index contributed by atoms with van der Waals surface area (Å²) in [6.45, 7) is 0. The molecule has 0 aliphatic carbocycles. The highest BCUT2D eigenvalue weighted by Crippen LogP contribution is 2.22. The number of hydrogen-bond acceptors (Lipinski definition) is 3. The second kappa shape index (κ2) is 3.91. The molecule has 74 valence electrons. The first-order valence-corrected chi connectivity index (χ1v) is 3.62. The highest BCUT2D eigenvalue weighted by molar-refractivity contribution is 5.55. The average molecular weight is 201 g/mol. The monoisotopic (exact) mass is 201 g/mol. The van der Waals surface area contributed by atoms with Crippen LogP contribution in [0.25, 0.3) is 0 Å². The Labute approximate surface area is 77.3 Å². The van der Waals surface area contributed by atoms with Crippen LogP contribution in [0.2, 0.25) is 0 Å². The molecule has 0 aliphatic heterocycles. The van der Waals surface area contributed by atoms with Crippen LogP contribution in [0.1, 0.15) is 5.56 Å². The number of hydrogen-bond donors (Lipinski definition) is 0. The van der Waals surface area contributed by atoms with Gasteiger partial charge in [0.1, 0.15) is 6.29 Å². The maximum atomic E-state index is 12.9. The van der Waals surface area contributed by atoms with Gasteiger partial charge in [0.15, 0.2) is 0 Å². The standard InChI is InChI=1S/C8H5F2NO3/c9-6-3-5(1-2-12)4-7(10)8(6)11(13)14/h2-4H,1H2. The molecule has 14 heavy (non-hydrogen) atoms. The molecule has 1 aromatic carbocycles. The Balaban J connectivity index is 3.24. The van der Waals surface area contributed by atoms with E-state index in [-0.39, 0.29) is 12.0 Å². The SMILES string of the molecule is O=CCc1cc(F)c([N+](=O)[O-])c(F)c1. The lowest BCUT2D eigenvalue weighted by Gasteiger charge is -1.98. The van der Waals surface area contributed by atoms with Crippen molar-refractivity contribution in [2.45, 2.75) is 6.42 Å². The minimum absolute atomic E-state index is 0.0700. The molecule has 4 nitrogen and oxygen atoms in total. The molecule has 1 aromatic rings. The highest BCUT2D eigenvalue weighted by atomic mass is 19.1. The Morgan fingerprint density at radius 1 is 1.36 bits per heavy atom. The van der Waals surface area contributed by atoms with Crippen LogP contribution >= 0.6 is 0 Å². The predicted octanol–water partition coefficient (Wildman–Crippen LogP) is 1.61. The fourth-order valence-electron chi connectivity index (χ4n) is 1.01. The summed E-state index contributed by atoms with van der Waals surface area (Å²) in [6, 6.07) is 1.55. The smallest absolute Gasteiger partial charge is 0.303 e. The van der Waals surface area contributed by atoms with Gasteiger partial charge in [-0.3, -0.25) is 10.1 Å². The summed E-state index contributed by atoms with van der Waals surface area (Å²) in [4.78, 5) is 19.1. The van der Waals surface area contributed by atoms with Crippen LogP contribution in [0.5, 0.6) is 0 Å². The van der Waals surface area contributed by atoms with E-state index in [1.165, 1.54) is 0 Å². The fraction of sp³-hybridized carbons (Fsp3) is 0.125. The highest BCUT2D eigenvalue weighted by Gasteiger charge is 2.21. The minimum atomic E-state index is -1.27. The Morgan fingerprint density at radius 3 is 2.21 bits per heavy atom. The molecule has 0 N–H and O–H groups in total. The first-order chi connectivity index (χ1) is 6.56. The van der Waals surface area contributed by atoms with E-state index >= 15 is 0 Å². The first-order valence-electron chi connectivity index (χ1n) is 3.62. The largest absolute Gasteiger partial charge is 0.340 e. The Morgan fingerprint density at radius 2 is 1.86 bits per heavy atom. The number of halogens is 2. The Hall–Kier alpha value is -1.85. The average Bonchev–Trinajstić information content (AvgIpc) is 2.01. The van der Waals surface area contributed by atoms with E-state index in [4.69, 9.17) is 0 Å². The van der Waals surface area contributed by atoms with E-state index < -0.39 is 22.2 Å². The van der Waals surface area contributed by atoms with Gasteiger partial charge >= 0.3 is 5.69 Å². The van der Waals surface area contributed by atoms with Gasteiger partial charge in [-0.05, 0) is 17.7 Å². The van der Waals surface area contributed by atoms with Crippen LogP contribution < -0.4 is 0 Å². The minimum Gasteiger partial charge on any atom is -0.303 e. The van der Waals surface area contributed by atoms with Crippen LogP contribution in [0.4, 0.5) is 14.5 Å². The maximum Gasteiger partial charge on any atom is 0.340 e. The number of nitro groups is 1. The van der Waals surface area contributed by atoms with Gasteiger partial charge in [-0.1, -0.05) is 0 Å². The second-order valence-electron chi connectivity index (χ2n) is 2.54. The van der Waals surface area contributed by atoms with Gasteiger partial charge in [-0.25, -0.2) is 0 Å². The van der Waals surface area contributed by atoms with Crippen LogP contribution in [0.15, 0.2) is 12.1 Å². The van der Waals surface area contributed by atoms with E-state index in [0.29, 0.717) is 6.29 Å². The first kappa shape index (κ1) is 10.2. The van der Waals surface area contributed by atoms with Crippen molar-refractivity contribution in [2.24, 2.45) is 0 Å². The summed E-state index contributed by atoms with van der Waals surface area (Å²) in [6.07, 6.45) is 0.284. The van der Waals surface area contributed by atoms with Gasteiger partial charge in [-0.2, -0.15) is 8.78 Å². The van der Waals surface area contributed by atoms with Gasteiger partial charge in [0, 0.05) is 6.42 Å². The summed E-state index contributed by atoms with van der Waals surface area (Å²) >= 11 is 0. The van der Waals surface area contributed by atoms with Crippen molar-refractivity contribution in [2.75, 3.05) is 0 Å². The lowest BCUT2D eigenvalue weighted by atomic mass is 10.1. The molecular weight excluding hydrogens is 196 g/mol. The van der Waals surface area contributed by atoms with E-state index in [2.05, 4.69) is 0 Å². The number of nitrogens with zero attached hydrogens (tertiary/aromatic N) is 1. The molecule has 0 aromatic heterocycles. The van der Waals surface area contributed by atoms with E-state index in [9.17, 15) is 23.7 Å². The molecule has 0 unspecified atom stereocenters. The van der Waals surface area contributed by atoms with Crippen LogP contribution in [-0.4, -0.2) is 11.2 Å². The molecular formula is C8H5F2NO3. The van der Waals surface area contributed by atoms with Gasteiger partial charge in [0.25, 0.3) is 0 Å². The van der Waals surface area contributed by atoms with Gasteiger partial charge in [0.05, 0.1) is 4.92 Å². The lowest BCUT2D eigenvalue weighted by molar-refractivity contribution is -0.390. The second-order valence-corrected chi connectivity index (χ2v) is 2.54. The summed E-state index contributed by atoms with van der Waals surface area (Å²) < 4.78 is 25.8. The third kappa shape index (κ3) is 1.90. The Bertz CT molecular complexity index is 369. The van der Waals surface area contributed by atoms with Gasteiger partial charge in [-0.15, -0.1) is 0 Å². The molecule has 0 atom stereocenters. The summed E-state index contributed by atoms with van der Waals surface area (Å²) in [5.74, 6) is -2.54. The summed E-state index contributed by atoms with van der Waals surface area (Å²) in [5, 5.41) is 10.2. The van der Waals surface area contributed by atoms with Crippen molar-refractivity contribution in [3.63, 3.8) is 0 Å². The number of benzene rings is 1. The molecule has 0 saturated heterocycles. The van der Waals surface area contributed by atoms with Crippen LogP contribution in [0, 0.1) is 21.7 Å². The van der Waals surface area contributed by atoms with E-state index in [0.717, 1.165) is 12.1 Å². The normalized spacial score (nSPS) is 9.86. The fourth-order valence-corrected chi connectivity index (χ4v) is 1.01. The molecule has 0 heterocycles. The quantitative estimate of drug-likeness (QED) is 0.424. The molecule has 6 heteroatoms. The number of rotatable bonds is 3. The third-order valence-corrected chi connectivity index (χ3v) is 1.58. The molecule has 0 radical (unpaired) electrons. The molecule has 0 saturated carbocycles. The zero-order valence-corrected chi connectivity index (χ0v) is 6.87. The third-order valence-electron chi connectivity index (χ3n) is 1.58. The van der Waals surface area contributed by atoms with Crippen molar-refractivity contribution in [3.8, 4) is 0 Å². The molecule has 0 amide bonds. The molecule has 0 fully saturated rings. The van der Waals surface area contributed by atoms with Crippen LogP contribution in [0.3, 0.4) is 0 Å². The summed E-state index contributed by atoms with van der Waals surface area (Å²) in [5.41, 5.74) is -1.12. The molecule has 0 bridgehead atoms. The van der Waals surface area contributed by atoms with Crippen molar-refractivity contribution in [1.29, 1.82) is 0 Å². The Kier molecular flexibility index (Phi) is 2.85. The van der Waals surface area contributed by atoms with Crippen LogP contribution in [-0.2, 0) is 11.2 Å². The van der Waals surface area contributed by atoms with Crippen molar-refractivity contribution in [1.82, 2.24) is 0 Å². The maximum absolute atomic E-state index is 12.9. The number of carbonyl (C=O) groups excluding carboxylic acids is 1. The predicted molar refractivity (Wildman–Crippen MR) is 42.8 cm³/mol. The zero-order valence-electron chi connectivity index (χ0n) is 6.87. The van der Waals surface area contributed by atoms with Crippen molar-refractivity contribution in [3.05, 3.63) is 39.4 Å².